The van der Waals surface area contributed by atoms with Crippen molar-refractivity contribution in [3.63, 3.8) is 0 Å². The summed E-state index contributed by atoms with van der Waals surface area (Å²) in [5.74, 6) is 1.09. The van der Waals surface area contributed by atoms with Crippen molar-refractivity contribution in [1.82, 2.24) is 5.32 Å². The summed E-state index contributed by atoms with van der Waals surface area (Å²) in [4.78, 5) is 10.6. The minimum absolute atomic E-state index is 0.161. The molecule has 0 aromatic heterocycles. The molecule has 6 heteroatoms. The van der Waals surface area contributed by atoms with E-state index in [2.05, 4.69) is 34.4 Å². The Hall–Kier alpha value is -0.590. The molecule has 0 aliphatic carbocycles. The zero-order valence-corrected chi connectivity index (χ0v) is 12.9. The maximum Gasteiger partial charge on any atom is 0.275 e. The monoisotopic (exact) mass is 332 g/mol. The highest BCUT2D eigenvalue weighted by Gasteiger charge is 2.14. The summed E-state index contributed by atoms with van der Waals surface area (Å²) >= 11 is 5.06. The predicted octanol–water partition coefficient (Wildman–Crippen LogP) is 3.59. The van der Waals surface area contributed by atoms with Crippen LogP contribution in [-0.2, 0) is 6.54 Å². The van der Waals surface area contributed by atoms with E-state index in [0.717, 1.165) is 22.2 Å². The lowest BCUT2D eigenvalue weighted by Gasteiger charge is -2.13. The fourth-order valence-corrected chi connectivity index (χ4v) is 2.48. The summed E-state index contributed by atoms with van der Waals surface area (Å²) in [5.41, 5.74) is 0.883. The molecule has 0 bridgehead atoms. The van der Waals surface area contributed by atoms with Crippen molar-refractivity contribution >= 4 is 33.4 Å². The van der Waals surface area contributed by atoms with Crippen LogP contribution in [0.2, 0.25) is 0 Å². The van der Waals surface area contributed by atoms with Crippen LogP contribution in [0.15, 0.2) is 22.7 Å². The summed E-state index contributed by atoms with van der Waals surface area (Å²) in [6.07, 6.45) is 3.14. The molecule has 1 aromatic carbocycles. The molecule has 0 spiro atoms. The third kappa shape index (κ3) is 4.96. The molecule has 1 rings (SSSR count). The first-order valence-corrected chi connectivity index (χ1v) is 7.88. The van der Waals surface area contributed by atoms with Crippen LogP contribution in [0.3, 0.4) is 0 Å². The Balaban J connectivity index is 2.64. The molecular weight excluding hydrogens is 316 g/mol. The van der Waals surface area contributed by atoms with Gasteiger partial charge in [-0.05, 0) is 37.5 Å². The SMILES string of the molecule is CSCCC(C)NCc1ccc(Br)cc1[N+](=O)[O-]. The van der Waals surface area contributed by atoms with Gasteiger partial charge in [0.25, 0.3) is 5.69 Å². The molecule has 0 aliphatic rings. The highest BCUT2D eigenvalue weighted by atomic mass is 79.9. The summed E-state index contributed by atoms with van der Waals surface area (Å²) in [6, 6.07) is 5.53. The average Bonchev–Trinajstić information content (AvgIpc) is 2.34. The molecule has 0 saturated carbocycles. The van der Waals surface area contributed by atoms with E-state index in [9.17, 15) is 10.1 Å². The molecule has 1 N–H and O–H groups in total. The number of rotatable bonds is 7. The number of nitrogens with zero attached hydrogens (tertiary/aromatic N) is 1. The van der Waals surface area contributed by atoms with Crippen LogP contribution in [0.1, 0.15) is 18.9 Å². The first-order chi connectivity index (χ1) is 8.54. The minimum Gasteiger partial charge on any atom is -0.310 e. The van der Waals surface area contributed by atoms with Gasteiger partial charge in [-0.15, -0.1) is 0 Å². The van der Waals surface area contributed by atoms with Gasteiger partial charge in [0, 0.05) is 28.7 Å². The normalized spacial score (nSPS) is 12.4. The van der Waals surface area contributed by atoms with Gasteiger partial charge in [0.1, 0.15) is 0 Å². The number of hydrogen-bond donors (Lipinski definition) is 1. The summed E-state index contributed by atoms with van der Waals surface area (Å²) in [6.45, 7) is 2.63. The van der Waals surface area contributed by atoms with E-state index in [-0.39, 0.29) is 10.6 Å². The summed E-state index contributed by atoms with van der Waals surface area (Å²) < 4.78 is 0.730. The fraction of sp³-hybridized carbons (Fsp3) is 0.500. The zero-order valence-electron chi connectivity index (χ0n) is 10.5. The lowest BCUT2D eigenvalue weighted by molar-refractivity contribution is -0.385. The van der Waals surface area contributed by atoms with Gasteiger partial charge in [0.2, 0.25) is 0 Å². The molecule has 100 valence electrons. The topological polar surface area (TPSA) is 55.2 Å². The van der Waals surface area contributed by atoms with Crippen LogP contribution in [0.25, 0.3) is 0 Å². The lowest BCUT2D eigenvalue weighted by Crippen LogP contribution is -2.26. The Labute approximate surface area is 120 Å². The van der Waals surface area contributed by atoms with Crippen LogP contribution in [0.5, 0.6) is 0 Å². The second kappa shape index (κ2) is 7.76. The van der Waals surface area contributed by atoms with Crippen molar-refractivity contribution in [1.29, 1.82) is 0 Å². The van der Waals surface area contributed by atoms with Gasteiger partial charge in [0.15, 0.2) is 0 Å². The Morgan fingerprint density at radius 3 is 2.89 bits per heavy atom. The van der Waals surface area contributed by atoms with E-state index < -0.39 is 0 Å². The van der Waals surface area contributed by atoms with Crippen molar-refractivity contribution in [3.8, 4) is 0 Å². The van der Waals surface area contributed by atoms with Gasteiger partial charge in [-0.1, -0.05) is 15.9 Å². The van der Waals surface area contributed by atoms with E-state index >= 15 is 0 Å². The van der Waals surface area contributed by atoms with Crippen molar-refractivity contribution in [2.45, 2.75) is 25.9 Å². The average molecular weight is 333 g/mol. The molecule has 1 aromatic rings. The van der Waals surface area contributed by atoms with E-state index in [4.69, 9.17) is 0 Å². The Morgan fingerprint density at radius 2 is 2.28 bits per heavy atom. The van der Waals surface area contributed by atoms with Gasteiger partial charge < -0.3 is 5.32 Å². The second-order valence-electron chi connectivity index (χ2n) is 4.09. The highest BCUT2D eigenvalue weighted by molar-refractivity contribution is 9.10. The number of nitro groups is 1. The van der Waals surface area contributed by atoms with E-state index in [1.807, 2.05) is 17.8 Å². The van der Waals surface area contributed by atoms with E-state index in [1.165, 1.54) is 0 Å². The molecule has 0 amide bonds. The van der Waals surface area contributed by atoms with Gasteiger partial charge >= 0.3 is 0 Å². The quantitative estimate of drug-likeness (QED) is 0.612. The smallest absolute Gasteiger partial charge is 0.275 e. The van der Waals surface area contributed by atoms with Crippen LogP contribution in [0, 0.1) is 10.1 Å². The lowest BCUT2D eigenvalue weighted by atomic mass is 10.1. The van der Waals surface area contributed by atoms with Crippen LogP contribution >= 0.6 is 27.7 Å². The first kappa shape index (κ1) is 15.5. The second-order valence-corrected chi connectivity index (χ2v) is 5.99. The van der Waals surface area contributed by atoms with E-state index in [1.54, 1.807) is 12.1 Å². The highest BCUT2D eigenvalue weighted by Crippen LogP contribution is 2.23. The molecule has 0 saturated heterocycles. The third-order valence-corrected chi connectivity index (χ3v) is 3.78. The predicted molar refractivity (Wildman–Crippen MR) is 80.1 cm³/mol. The van der Waals surface area contributed by atoms with Crippen LogP contribution in [0.4, 0.5) is 5.69 Å². The number of hydrogen-bond acceptors (Lipinski definition) is 4. The molecule has 18 heavy (non-hydrogen) atoms. The van der Waals surface area contributed by atoms with Gasteiger partial charge in [-0.3, -0.25) is 10.1 Å². The van der Waals surface area contributed by atoms with Gasteiger partial charge in [0.05, 0.1) is 4.92 Å². The molecule has 1 atom stereocenters. The first-order valence-electron chi connectivity index (χ1n) is 5.69. The van der Waals surface area contributed by atoms with Gasteiger partial charge in [-0.2, -0.15) is 11.8 Å². The van der Waals surface area contributed by atoms with Crippen LogP contribution in [-0.4, -0.2) is 23.0 Å². The third-order valence-electron chi connectivity index (χ3n) is 2.64. The fourth-order valence-electron chi connectivity index (χ4n) is 1.54. The molecule has 1 unspecified atom stereocenters. The largest absolute Gasteiger partial charge is 0.310 e. The standard InChI is InChI=1S/C12H17BrN2O2S/c1-9(5-6-18-2)14-8-10-3-4-11(13)7-12(10)15(16)17/h3-4,7,9,14H,5-6,8H2,1-2H3. The van der Waals surface area contributed by atoms with Crippen molar-refractivity contribution in [3.05, 3.63) is 38.3 Å². The Bertz CT molecular complexity index is 415. The molecule has 0 fully saturated rings. The summed E-state index contributed by atoms with van der Waals surface area (Å²) in [7, 11) is 0. The molecule has 0 heterocycles. The van der Waals surface area contributed by atoms with Crippen molar-refractivity contribution in [2.75, 3.05) is 12.0 Å². The molecular formula is C12H17BrN2O2S. The minimum atomic E-state index is -0.339. The Kier molecular flexibility index (Phi) is 6.67. The van der Waals surface area contributed by atoms with Crippen LogP contribution < -0.4 is 5.32 Å². The zero-order chi connectivity index (χ0) is 13.5. The maximum atomic E-state index is 10.9. The number of benzene rings is 1. The van der Waals surface area contributed by atoms with Gasteiger partial charge in [-0.25, -0.2) is 0 Å². The number of nitro benzene ring substituents is 1. The molecule has 0 aliphatic heterocycles. The summed E-state index contributed by atoms with van der Waals surface area (Å²) in [5, 5.41) is 14.3. The van der Waals surface area contributed by atoms with Crippen molar-refractivity contribution in [2.24, 2.45) is 0 Å². The van der Waals surface area contributed by atoms with E-state index in [0.29, 0.717) is 12.6 Å². The Morgan fingerprint density at radius 1 is 1.56 bits per heavy atom. The number of thioether (sulfide) groups is 1. The molecule has 0 radical (unpaired) electrons. The molecule has 4 nitrogen and oxygen atoms in total. The number of nitrogens with one attached hydrogen (secondary N) is 1. The maximum absolute atomic E-state index is 10.9. The number of halogens is 1. The van der Waals surface area contributed by atoms with Crippen molar-refractivity contribution < 1.29 is 4.92 Å².